The topological polar surface area (TPSA) is 79.2 Å². The van der Waals surface area contributed by atoms with Crippen molar-refractivity contribution in [2.75, 3.05) is 5.32 Å². The fourth-order valence-corrected chi connectivity index (χ4v) is 3.10. The van der Waals surface area contributed by atoms with E-state index >= 15 is 0 Å². The molecule has 0 unspecified atom stereocenters. The number of hydrogen-bond donors (Lipinski definition) is 3. The van der Waals surface area contributed by atoms with E-state index in [4.69, 9.17) is 12.2 Å². The molecule has 3 aromatic carbocycles. The first-order valence-corrected chi connectivity index (χ1v) is 9.85. The van der Waals surface area contributed by atoms with Gasteiger partial charge in [0.25, 0.3) is 0 Å². The highest BCUT2D eigenvalue weighted by molar-refractivity contribution is 7.81. The Kier molecular flexibility index (Phi) is 7.51. The molecule has 0 spiro atoms. The number of nitro groups is 1. The van der Waals surface area contributed by atoms with Crippen LogP contribution in [-0.4, -0.2) is 9.91 Å². The van der Waals surface area contributed by atoms with Crippen LogP contribution in [0.25, 0.3) is 0 Å². The minimum atomic E-state index is -0.469. The van der Waals surface area contributed by atoms with E-state index in [1.807, 2.05) is 78.9 Å². The second kappa shape index (κ2) is 10.7. The van der Waals surface area contributed by atoms with Gasteiger partial charge in [-0.1, -0.05) is 91.1 Å². The lowest BCUT2D eigenvalue weighted by molar-refractivity contribution is -0.416. The first-order chi connectivity index (χ1) is 14.6. The minimum absolute atomic E-state index is 0.0299. The number of para-hydroxylation sites is 1. The van der Waals surface area contributed by atoms with E-state index in [0.29, 0.717) is 18.8 Å². The maximum atomic E-state index is 11.9. The maximum absolute atomic E-state index is 11.9. The lowest BCUT2D eigenvalue weighted by Gasteiger charge is -2.15. The molecule has 6 nitrogen and oxygen atoms in total. The van der Waals surface area contributed by atoms with Gasteiger partial charge in [0.1, 0.15) is 0 Å². The van der Waals surface area contributed by atoms with Crippen LogP contribution < -0.4 is 16.0 Å². The van der Waals surface area contributed by atoms with Gasteiger partial charge in [-0.05, 0) is 23.3 Å². The first kappa shape index (κ1) is 21.0. The molecular formula is C23H22N4O2S. The van der Waals surface area contributed by atoms with Crippen molar-refractivity contribution in [2.45, 2.75) is 13.1 Å². The van der Waals surface area contributed by atoms with Crippen LogP contribution >= 0.6 is 12.2 Å². The summed E-state index contributed by atoms with van der Waals surface area (Å²) in [5.41, 5.74) is 2.48. The second-order valence-electron chi connectivity index (χ2n) is 6.48. The smallest absolute Gasteiger partial charge is 0.343 e. The molecule has 0 bridgehead atoms. The van der Waals surface area contributed by atoms with Crippen molar-refractivity contribution >= 4 is 22.9 Å². The van der Waals surface area contributed by atoms with Gasteiger partial charge in [-0.3, -0.25) is 10.1 Å². The number of nitrogens with zero attached hydrogens (tertiary/aromatic N) is 1. The van der Waals surface area contributed by atoms with Gasteiger partial charge in [0.15, 0.2) is 10.8 Å². The van der Waals surface area contributed by atoms with Crippen molar-refractivity contribution in [1.82, 2.24) is 10.6 Å². The van der Waals surface area contributed by atoms with Crippen molar-refractivity contribution < 1.29 is 4.92 Å². The van der Waals surface area contributed by atoms with E-state index in [2.05, 4.69) is 16.0 Å². The van der Waals surface area contributed by atoms with Crippen molar-refractivity contribution in [3.63, 3.8) is 0 Å². The predicted molar refractivity (Wildman–Crippen MR) is 123 cm³/mol. The Morgan fingerprint density at radius 1 is 0.767 bits per heavy atom. The first-order valence-electron chi connectivity index (χ1n) is 9.44. The van der Waals surface area contributed by atoms with Gasteiger partial charge in [-0.25, -0.2) is 0 Å². The fourth-order valence-electron chi connectivity index (χ4n) is 2.80. The Labute approximate surface area is 180 Å². The Bertz CT molecular complexity index is 964. The quantitative estimate of drug-likeness (QED) is 0.206. The molecule has 0 heterocycles. The molecule has 152 valence electrons. The summed E-state index contributed by atoms with van der Waals surface area (Å²) in [6.07, 6.45) is 0. The van der Waals surface area contributed by atoms with Crippen LogP contribution in [0.1, 0.15) is 11.1 Å². The third-order valence-corrected chi connectivity index (χ3v) is 4.59. The van der Waals surface area contributed by atoms with Gasteiger partial charge < -0.3 is 16.0 Å². The summed E-state index contributed by atoms with van der Waals surface area (Å²) in [5.74, 6) is 0.265. The molecule has 30 heavy (non-hydrogen) atoms. The molecule has 0 saturated heterocycles. The number of benzene rings is 3. The molecule has 0 aliphatic heterocycles. The predicted octanol–water partition coefficient (Wildman–Crippen LogP) is 4.45. The van der Waals surface area contributed by atoms with Gasteiger partial charge in [0, 0.05) is 18.8 Å². The number of nitrogens with one attached hydrogen (secondary N) is 3. The molecule has 0 saturated carbocycles. The molecule has 3 rings (SSSR count). The van der Waals surface area contributed by atoms with E-state index in [9.17, 15) is 10.1 Å². The Hall–Kier alpha value is -3.71. The van der Waals surface area contributed by atoms with Gasteiger partial charge in [-0.2, -0.15) is 0 Å². The average molecular weight is 419 g/mol. The summed E-state index contributed by atoms with van der Waals surface area (Å²) in [4.78, 5) is 11.5. The summed E-state index contributed by atoms with van der Waals surface area (Å²) >= 11 is 5.38. The number of thiocarbonyl (C=S) groups is 1. The lowest BCUT2D eigenvalue weighted by atomic mass is 10.2. The van der Waals surface area contributed by atoms with E-state index in [-0.39, 0.29) is 16.5 Å². The van der Waals surface area contributed by atoms with Crippen molar-refractivity contribution in [2.24, 2.45) is 0 Å². The molecule has 0 amide bonds. The maximum Gasteiger partial charge on any atom is 0.343 e. The standard InChI is InChI=1S/C23H22N4O2S/c28-27(29)21(23(30)26-20-14-8-3-9-15-20)22(24-16-18-10-4-1-5-11-18)25-17-19-12-6-2-7-13-19/h1-15,24-25H,16-17H2,(H,26,30). The van der Waals surface area contributed by atoms with Crippen LogP contribution in [-0.2, 0) is 13.1 Å². The average Bonchev–Trinajstić information content (AvgIpc) is 2.77. The molecular weight excluding hydrogens is 396 g/mol. The van der Waals surface area contributed by atoms with Crippen molar-refractivity contribution in [3.05, 3.63) is 124 Å². The monoisotopic (exact) mass is 418 g/mol. The Morgan fingerprint density at radius 3 is 1.63 bits per heavy atom. The van der Waals surface area contributed by atoms with E-state index < -0.39 is 4.92 Å². The molecule has 3 aromatic rings. The summed E-state index contributed by atoms with van der Waals surface area (Å²) in [6, 6.07) is 28.5. The normalized spacial score (nSPS) is 10.0. The third-order valence-electron chi connectivity index (χ3n) is 4.29. The highest BCUT2D eigenvalue weighted by Crippen LogP contribution is 2.12. The summed E-state index contributed by atoms with van der Waals surface area (Å²) in [5, 5.41) is 21.2. The molecule has 0 aliphatic rings. The zero-order valence-electron chi connectivity index (χ0n) is 16.2. The highest BCUT2D eigenvalue weighted by Gasteiger charge is 2.25. The van der Waals surface area contributed by atoms with Crippen LogP contribution in [0.4, 0.5) is 5.69 Å². The van der Waals surface area contributed by atoms with Gasteiger partial charge in [-0.15, -0.1) is 0 Å². The van der Waals surface area contributed by atoms with Crippen LogP contribution in [0.2, 0.25) is 0 Å². The summed E-state index contributed by atoms with van der Waals surface area (Å²) < 4.78 is 0. The zero-order chi connectivity index (χ0) is 21.2. The molecule has 0 atom stereocenters. The summed E-state index contributed by atoms with van der Waals surface area (Å²) in [6.45, 7) is 0.840. The van der Waals surface area contributed by atoms with E-state index in [1.54, 1.807) is 12.1 Å². The lowest BCUT2D eigenvalue weighted by Crippen LogP contribution is -2.33. The van der Waals surface area contributed by atoms with Crippen LogP contribution in [0.3, 0.4) is 0 Å². The van der Waals surface area contributed by atoms with Crippen LogP contribution in [0, 0.1) is 10.1 Å². The van der Waals surface area contributed by atoms with Crippen LogP contribution in [0.5, 0.6) is 0 Å². The zero-order valence-corrected chi connectivity index (χ0v) is 17.1. The van der Waals surface area contributed by atoms with Gasteiger partial charge >= 0.3 is 5.70 Å². The second-order valence-corrected chi connectivity index (χ2v) is 6.89. The number of anilines is 1. The Morgan fingerprint density at radius 2 is 1.20 bits per heavy atom. The van der Waals surface area contributed by atoms with Crippen molar-refractivity contribution in [3.8, 4) is 0 Å². The summed E-state index contributed by atoms with van der Waals surface area (Å²) in [7, 11) is 0. The van der Waals surface area contributed by atoms with Gasteiger partial charge in [0.2, 0.25) is 0 Å². The molecule has 7 heteroatoms. The Balaban J connectivity index is 1.86. The SMILES string of the molecule is O=[N+]([O-])C(C(=S)Nc1ccccc1)=C(NCc1ccccc1)NCc1ccccc1. The van der Waals surface area contributed by atoms with E-state index in [0.717, 1.165) is 11.1 Å². The minimum Gasteiger partial charge on any atom is -0.362 e. The van der Waals surface area contributed by atoms with Crippen LogP contribution in [0.15, 0.2) is 103 Å². The number of rotatable bonds is 9. The third kappa shape index (κ3) is 6.15. The van der Waals surface area contributed by atoms with Gasteiger partial charge in [0.05, 0.1) is 4.92 Å². The molecule has 0 aliphatic carbocycles. The molecule has 0 aromatic heterocycles. The number of hydrogen-bond acceptors (Lipinski definition) is 5. The largest absolute Gasteiger partial charge is 0.362 e. The molecule has 0 fully saturated rings. The highest BCUT2D eigenvalue weighted by atomic mass is 32.1. The molecule has 0 radical (unpaired) electrons. The van der Waals surface area contributed by atoms with E-state index in [1.165, 1.54) is 0 Å². The molecule has 3 N–H and O–H groups in total. The fraction of sp³-hybridized carbons (Fsp3) is 0.0870. The van der Waals surface area contributed by atoms with Crippen molar-refractivity contribution in [1.29, 1.82) is 0 Å².